The number of phenols is 1. The van der Waals surface area contributed by atoms with Crippen LogP contribution in [0.3, 0.4) is 0 Å². The summed E-state index contributed by atoms with van der Waals surface area (Å²) in [6.45, 7) is 1.84. The van der Waals surface area contributed by atoms with Gasteiger partial charge in [-0.3, -0.25) is 4.79 Å². The normalized spacial score (nSPS) is 11.7. The number of phenolic OH excluding ortho intramolecular Hbond substituents is 1. The Morgan fingerprint density at radius 3 is 2.78 bits per heavy atom. The van der Waals surface area contributed by atoms with Crippen molar-refractivity contribution in [2.75, 3.05) is 5.32 Å². The number of aliphatic hydroxyl groups excluding tert-OH is 1. The topological polar surface area (TPSA) is 81.9 Å². The fourth-order valence-electron chi connectivity index (χ4n) is 1.63. The van der Waals surface area contributed by atoms with Gasteiger partial charge in [-0.15, -0.1) is 11.3 Å². The van der Waals surface area contributed by atoms with Crippen LogP contribution in [-0.2, 0) is 0 Å². The molecule has 0 bridgehead atoms. The number of carbonyl (C=O) groups excluding carboxylic acids is 1. The summed E-state index contributed by atoms with van der Waals surface area (Å²) in [7, 11) is 0. The molecule has 0 spiro atoms. The highest BCUT2D eigenvalue weighted by atomic mass is 32.1. The van der Waals surface area contributed by atoms with Gasteiger partial charge in [0.05, 0.1) is 21.8 Å². The molecule has 1 atom stereocenters. The van der Waals surface area contributed by atoms with Gasteiger partial charge >= 0.3 is 0 Å². The summed E-state index contributed by atoms with van der Waals surface area (Å²) in [6, 6.07) is 8.24. The van der Waals surface area contributed by atoms with E-state index in [1.54, 1.807) is 30.3 Å². The molecule has 0 amide bonds. The quantitative estimate of drug-likeness (QED) is 0.259. The van der Waals surface area contributed by atoms with Crippen LogP contribution in [-0.4, -0.2) is 28.9 Å². The Morgan fingerprint density at radius 1 is 1.39 bits per heavy atom. The van der Waals surface area contributed by atoms with Gasteiger partial charge in [0.25, 0.3) is 0 Å². The summed E-state index contributed by atoms with van der Waals surface area (Å²) >= 11 is 1.23. The van der Waals surface area contributed by atoms with Crippen molar-refractivity contribution in [1.82, 2.24) is 0 Å². The van der Waals surface area contributed by atoms with E-state index in [1.807, 2.05) is 6.92 Å². The van der Waals surface area contributed by atoms with Crippen LogP contribution in [0.4, 0.5) is 11.4 Å². The number of hydrogen-bond acceptors (Lipinski definition) is 5. The molecule has 1 aromatic carbocycles. The zero-order valence-electron chi connectivity index (χ0n) is 12.5. The summed E-state index contributed by atoms with van der Waals surface area (Å²) < 4.78 is 0. The van der Waals surface area contributed by atoms with Crippen LogP contribution in [0.2, 0.25) is 0 Å². The summed E-state index contributed by atoms with van der Waals surface area (Å²) in [5, 5.41) is 21.6. The van der Waals surface area contributed by atoms with Crippen LogP contribution in [0.25, 0.3) is 0 Å². The Morgan fingerprint density at radius 2 is 2.13 bits per heavy atom. The Balaban J connectivity index is 2.10. The van der Waals surface area contributed by atoms with Crippen molar-refractivity contribution in [2.24, 2.45) is 4.99 Å². The third-order valence-electron chi connectivity index (χ3n) is 2.90. The standard InChI is InChI=1S/C17H16N2O3S/c1-2-13(21)7-8-15-9-16(17(10-20)23-15)19-11-18-12-3-5-14(22)6-4-12/h3-6,9-11,13,21-22H,2H2,1H3,(H,18,19). The first kappa shape index (κ1) is 16.7. The zero-order valence-corrected chi connectivity index (χ0v) is 13.3. The smallest absolute Gasteiger partial charge is 0.162 e. The molecule has 0 radical (unpaired) electrons. The van der Waals surface area contributed by atoms with Gasteiger partial charge in [0.1, 0.15) is 11.9 Å². The van der Waals surface area contributed by atoms with Crippen molar-refractivity contribution in [3.8, 4) is 17.6 Å². The van der Waals surface area contributed by atoms with Crippen molar-refractivity contribution in [3.63, 3.8) is 0 Å². The first-order valence-corrected chi connectivity index (χ1v) is 7.80. The van der Waals surface area contributed by atoms with E-state index in [4.69, 9.17) is 0 Å². The number of carbonyl (C=O) groups is 1. The minimum atomic E-state index is -0.667. The number of rotatable bonds is 5. The van der Waals surface area contributed by atoms with Gasteiger partial charge in [0.2, 0.25) is 0 Å². The highest BCUT2D eigenvalue weighted by molar-refractivity contribution is 7.14. The molecule has 23 heavy (non-hydrogen) atoms. The summed E-state index contributed by atoms with van der Waals surface area (Å²) in [6.07, 6.45) is 2.10. The van der Waals surface area contributed by atoms with Gasteiger partial charge in [-0.25, -0.2) is 4.99 Å². The number of aldehydes is 1. The van der Waals surface area contributed by atoms with Crippen molar-refractivity contribution in [1.29, 1.82) is 0 Å². The summed E-state index contributed by atoms with van der Waals surface area (Å²) in [5.74, 6) is 5.74. The van der Waals surface area contributed by atoms with E-state index in [0.29, 0.717) is 21.9 Å². The van der Waals surface area contributed by atoms with Gasteiger partial charge in [-0.05, 0) is 36.8 Å². The van der Waals surface area contributed by atoms with Crippen LogP contribution in [0.5, 0.6) is 5.75 Å². The lowest BCUT2D eigenvalue weighted by Gasteiger charge is -1.99. The molecule has 0 saturated heterocycles. The van der Waals surface area contributed by atoms with E-state index in [1.165, 1.54) is 17.7 Å². The third kappa shape index (κ3) is 4.95. The van der Waals surface area contributed by atoms with E-state index >= 15 is 0 Å². The minimum Gasteiger partial charge on any atom is -0.508 e. The average Bonchev–Trinajstić information content (AvgIpc) is 2.96. The maximum absolute atomic E-state index is 11.1. The highest BCUT2D eigenvalue weighted by Crippen LogP contribution is 2.27. The number of nitrogens with one attached hydrogen (secondary N) is 1. The monoisotopic (exact) mass is 328 g/mol. The number of nitrogens with zero attached hydrogens (tertiary/aromatic N) is 1. The first-order valence-electron chi connectivity index (χ1n) is 6.99. The molecule has 118 valence electrons. The average molecular weight is 328 g/mol. The number of benzene rings is 1. The number of aliphatic imine (C=N–C) groups is 1. The fourth-order valence-corrected chi connectivity index (χ4v) is 2.41. The Hall–Kier alpha value is -2.62. The number of anilines is 1. The number of thiophene rings is 1. The highest BCUT2D eigenvalue weighted by Gasteiger charge is 2.06. The number of hydrogen-bond donors (Lipinski definition) is 3. The van der Waals surface area contributed by atoms with E-state index in [2.05, 4.69) is 22.2 Å². The Bertz CT molecular complexity index is 754. The van der Waals surface area contributed by atoms with E-state index in [-0.39, 0.29) is 5.75 Å². The number of aromatic hydroxyl groups is 1. The van der Waals surface area contributed by atoms with Gasteiger partial charge in [-0.1, -0.05) is 18.8 Å². The van der Waals surface area contributed by atoms with E-state index < -0.39 is 6.10 Å². The van der Waals surface area contributed by atoms with Crippen LogP contribution in [0.1, 0.15) is 27.9 Å². The fraction of sp³-hybridized carbons (Fsp3) is 0.176. The molecule has 0 aliphatic heterocycles. The summed E-state index contributed by atoms with van der Waals surface area (Å²) in [4.78, 5) is 16.5. The molecule has 5 nitrogen and oxygen atoms in total. The molecule has 1 heterocycles. The third-order valence-corrected chi connectivity index (χ3v) is 3.86. The lowest BCUT2D eigenvalue weighted by atomic mass is 10.3. The molecular weight excluding hydrogens is 312 g/mol. The van der Waals surface area contributed by atoms with Crippen molar-refractivity contribution in [3.05, 3.63) is 40.1 Å². The van der Waals surface area contributed by atoms with E-state index in [9.17, 15) is 15.0 Å². The second kappa shape index (κ2) is 8.13. The van der Waals surface area contributed by atoms with Crippen LogP contribution in [0, 0.1) is 11.8 Å². The Kier molecular flexibility index (Phi) is 5.92. The second-order valence-electron chi connectivity index (χ2n) is 4.62. The van der Waals surface area contributed by atoms with Crippen LogP contribution >= 0.6 is 11.3 Å². The van der Waals surface area contributed by atoms with Gasteiger partial charge in [-0.2, -0.15) is 0 Å². The molecule has 0 fully saturated rings. The molecule has 6 heteroatoms. The maximum atomic E-state index is 11.1. The van der Waals surface area contributed by atoms with Crippen LogP contribution < -0.4 is 5.32 Å². The zero-order chi connectivity index (χ0) is 16.7. The second-order valence-corrected chi connectivity index (χ2v) is 5.70. The first-order chi connectivity index (χ1) is 11.1. The van der Waals surface area contributed by atoms with Gasteiger partial charge < -0.3 is 15.5 Å². The molecule has 2 aromatic rings. The SMILES string of the molecule is CCC(O)C#Cc1cc(N=CNc2ccc(O)cc2)c(C=O)s1. The van der Waals surface area contributed by atoms with Crippen molar-refractivity contribution in [2.45, 2.75) is 19.4 Å². The molecule has 1 aromatic heterocycles. The lowest BCUT2D eigenvalue weighted by molar-refractivity contribution is 0.112. The molecule has 0 aliphatic carbocycles. The van der Waals surface area contributed by atoms with Gasteiger partial charge in [0.15, 0.2) is 6.29 Å². The van der Waals surface area contributed by atoms with E-state index in [0.717, 1.165) is 12.0 Å². The van der Waals surface area contributed by atoms with Crippen LogP contribution in [0.15, 0.2) is 35.3 Å². The molecular formula is C17H16N2O3S. The Labute approximate surface area is 138 Å². The molecule has 3 N–H and O–H groups in total. The van der Waals surface area contributed by atoms with Crippen molar-refractivity contribution < 1.29 is 15.0 Å². The molecule has 0 aliphatic rings. The largest absolute Gasteiger partial charge is 0.508 e. The maximum Gasteiger partial charge on any atom is 0.162 e. The lowest BCUT2D eigenvalue weighted by Crippen LogP contribution is -1.98. The molecule has 0 saturated carbocycles. The minimum absolute atomic E-state index is 0.186. The predicted octanol–water partition coefficient (Wildman–Crippen LogP) is 3.16. The summed E-state index contributed by atoms with van der Waals surface area (Å²) in [5.41, 5.74) is 1.28. The molecule has 1 unspecified atom stereocenters. The predicted molar refractivity (Wildman–Crippen MR) is 92.8 cm³/mol. The molecule has 2 rings (SSSR count). The van der Waals surface area contributed by atoms with Crippen molar-refractivity contribution >= 4 is 35.3 Å². The number of aliphatic hydroxyl groups is 1. The van der Waals surface area contributed by atoms with Gasteiger partial charge in [0, 0.05) is 5.69 Å².